The number of nitrogens with zero attached hydrogens (tertiary/aromatic N) is 1. The van der Waals surface area contributed by atoms with Crippen molar-refractivity contribution in [2.24, 2.45) is 0 Å². The Morgan fingerprint density at radius 3 is 3.18 bits per heavy atom. The van der Waals surface area contributed by atoms with Crippen LogP contribution in [0.2, 0.25) is 0 Å². The quantitative estimate of drug-likeness (QED) is 0.654. The van der Waals surface area contributed by atoms with Crippen LogP contribution in [0.5, 0.6) is 0 Å². The van der Waals surface area contributed by atoms with Crippen molar-refractivity contribution in [3.8, 4) is 0 Å². The van der Waals surface area contributed by atoms with Gasteiger partial charge >= 0.3 is 0 Å². The maximum absolute atomic E-state index is 4.98. The second-order valence-electron chi connectivity index (χ2n) is 2.18. The summed E-state index contributed by atoms with van der Waals surface area (Å²) in [6.45, 7) is 4.25. The topological polar surface area (TPSA) is 22.1 Å². The maximum atomic E-state index is 4.98. The van der Waals surface area contributed by atoms with Gasteiger partial charge in [-0.1, -0.05) is 12.6 Å². The molecule has 0 aliphatic carbocycles. The minimum Gasteiger partial charge on any atom is -0.380 e. The van der Waals surface area contributed by atoms with Gasteiger partial charge in [0.25, 0.3) is 0 Å². The van der Waals surface area contributed by atoms with Gasteiger partial charge in [-0.25, -0.2) is 0 Å². The summed E-state index contributed by atoms with van der Waals surface area (Å²) >= 11 is 0. The number of ether oxygens (including phenoxy) is 1. The summed E-state index contributed by atoms with van der Waals surface area (Å²) in [5.41, 5.74) is 1.97. The van der Waals surface area contributed by atoms with Gasteiger partial charge in [0, 0.05) is 18.9 Å². The minimum atomic E-state index is 0.592. The fraction of sp³-hybridized carbons (Fsp3) is 0.222. The van der Waals surface area contributed by atoms with Crippen molar-refractivity contribution in [3.05, 3.63) is 36.2 Å². The molecule has 0 amide bonds. The molecule has 1 rings (SSSR count). The van der Waals surface area contributed by atoms with E-state index >= 15 is 0 Å². The average Bonchev–Trinajstić information content (AvgIpc) is 2.06. The van der Waals surface area contributed by atoms with Gasteiger partial charge in [-0.2, -0.15) is 0 Å². The van der Waals surface area contributed by atoms with Crippen molar-refractivity contribution in [2.45, 2.75) is 6.61 Å². The molecule has 0 fully saturated rings. The summed E-state index contributed by atoms with van der Waals surface area (Å²) in [4.78, 5) is 4.12. The minimum absolute atomic E-state index is 0.592. The summed E-state index contributed by atoms with van der Waals surface area (Å²) in [6.07, 6.45) is 3.48. The Hall–Kier alpha value is -1.15. The van der Waals surface area contributed by atoms with E-state index in [1.54, 1.807) is 19.4 Å². The van der Waals surface area contributed by atoms with E-state index in [0.717, 1.165) is 11.3 Å². The van der Waals surface area contributed by atoms with Crippen molar-refractivity contribution in [2.75, 3.05) is 7.11 Å². The molecule has 58 valence electrons. The molecule has 11 heavy (non-hydrogen) atoms. The Kier molecular flexibility index (Phi) is 2.81. The molecule has 0 aromatic carbocycles. The first kappa shape index (κ1) is 7.95. The number of aromatic nitrogens is 1. The van der Waals surface area contributed by atoms with Gasteiger partial charge in [-0.3, -0.25) is 4.98 Å². The Morgan fingerprint density at radius 2 is 2.55 bits per heavy atom. The van der Waals surface area contributed by atoms with E-state index in [-0.39, 0.29) is 0 Å². The number of pyridine rings is 1. The standard InChI is InChI=1S/C9H11NO/c1-3-9-8(7-11-2)5-4-6-10-9/h3-6H,1,7H2,2H3. The van der Waals surface area contributed by atoms with Gasteiger partial charge in [-0.05, 0) is 12.1 Å². The lowest BCUT2D eigenvalue weighted by Gasteiger charge is -2.01. The van der Waals surface area contributed by atoms with Crippen molar-refractivity contribution < 1.29 is 4.74 Å². The molecule has 0 bridgehead atoms. The number of hydrogen-bond donors (Lipinski definition) is 0. The SMILES string of the molecule is C=Cc1ncccc1COC. The van der Waals surface area contributed by atoms with E-state index in [4.69, 9.17) is 4.74 Å². The Labute approximate surface area is 66.5 Å². The monoisotopic (exact) mass is 149 g/mol. The summed E-state index contributed by atoms with van der Waals surface area (Å²) in [6, 6.07) is 3.87. The molecule has 2 nitrogen and oxygen atoms in total. The molecule has 0 radical (unpaired) electrons. The lowest BCUT2D eigenvalue weighted by atomic mass is 10.2. The predicted octanol–water partition coefficient (Wildman–Crippen LogP) is 1.87. The van der Waals surface area contributed by atoms with Crippen LogP contribution in [0, 0.1) is 0 Å². The molecule has 0 N–H and O–H groups in total. The highest BCUT2D eigenvalue weighted by Gasteiger charge is 1.96. The highest BCUT2D eigenvalue weighted by Crippen LogP contribution is 2.06. The molecule has 0 aliphatic heterocycles. The van der Waals surface area contributed by atoms with E-state index in [1.165, 1.54) is 0 Å². The molecule has 0 saturated carbocycles. The first-order chi connectivity index (χ1) is 5.38. The largest absolute Gasteiger partial charge is 0.380 e. The van der Waals surface area contributed by atoms with Gasteiger partial charge in [-0.15, -0.1) is 0 Å². The lowest BCUT2D eigenvalue weighted by molar-refractivity contribution is 0.184. The van der Waals surface area contributed by atoms with E-state index in [1.807, 2.05) is 12.1 Å². The zero-order chi connectivity index (χ0) is 8.10. The molecule has 0 spiro atoms. The van der Waals surface area contributed by atoms with Crippen LogP contribution >= 0.6 is 0 Å². The predicted molar refractivity (Wildman–Crippen MR) is 45.0 cm³/mol. The molecular formula is C9H11NO. The first-order valence-corrected chi connectivity index (χ1v) is 3.43. The van der Waals surface area contributed by atoms with Crippen LogP contribution in [0.4, 0.5) is 0 Å². The Balaban J connectivity index is 2.92. The normalized spacial score (nSPS) is 9.55. The van der Waals surface area contributed by atoms with Crippen LogP contribution in [0.25, 0.3) is 6.08 Å². The van der Waals surface area contributed by atoms with Crippen LogP contribution in [-0.2, 0) is 11.3 Å². The number of hydrogen-bond acceptors (Lipinski definition) is 2. The molecule has 0 unspecified atom stereocenters. The molecule has 1 heterocycles. The fourth-order valence-corrected chi connectivity index (χ4v) is 0.912. The summed E-state index contributed by atoms with van der Waals surface area (Å²) in [5.74, 6) is 0. The fourth-order valence-electron chi connectivity index (χ4n) is 0.912. The summed E-state index contributed by atoms with van der Waals surface area (Å²) in [5, 5.41) is 0. The first-order valence-electron chi connectivity index (χ1n) is 3.43. The highest BCUT2D eigenvalue weighted by atomic mass is 16.5. The van der Waals surface area contributed by atoms with Gasteiger partial charge < -0.3 is 4.74 Å². The van der Waals surface area contributed by atoms with Crippen LogP contribution in [0.1, 0.15) is 11.3 Å². The Bertz CT molecular complexity index is 245. The summed E-state index contributed by atoms with van der Waals surface area (Å²) in [7, 11) is 1.67. The third-order valence-electron chi connectivity index (χ3n) is 1.42. The van der Waals surface area contributed by atoms with Gasteiger partial charge in [0.2, 0.25) is 0 Å². The van der Waals surface area contributed by atoms with E-state index in [2.05, 4.69) is 11.6 Å². The van der Waals surface area contributed by atoms with E-state index in [9.17, 15) is 0 Å². The molecule has 0 saturated heterocycles. The number of rotatable bonds is 3. The molecule has 0 atom stereocenters. The molecular weight excluding hydrogens is 138 g/mol. The molecule has 2 heteroatoms. The zero-order valence-electron chi connectivity index (χ0n) is 6.58. The van der Waals surface area contributed by atoms with Crippen LogP contribution < -0.4 is 0 Å². The average molecular weight is 149 g/mol. The third kappa shape index (κ3) is 1.88. The van der Waals surface area contributed by atoms with Crippen molar-refractivity contribution in [3.63, 3.8) is 0 Å². The van der Waals surface area contributed by atoms with Gasteiger partial charge in [0.05, 0.1) is 12.3 Å². The molecule has 0 aliphatic rings. The number of methoxy groups -OCH3 is 1. The van der Waals surface area contributed by atoms with E-state index in [0.29, 0.717) is 6.61 Å². The van der Waals surface area contributed by atoms with Crippen molar-refractivity contribution in [1.82, 2.24) is 4.98 Å². The Morgan fingerprint density at radius 1 is 1.73 bits per heavy atom. The summed E-state index contributed by atoms with van der Waals surface area (Å²) < 4.78 is 4.98. The second kappa shape index (κ2) is 3.88. The van der Waals surface area contributed by atoms with Crippen LogP contribution in [0.15, 0.2) is 24.9 Å². The van der Waals surface area contributed by atoms with Crippen LogP contribution in [0.3, 0.4) is 0 Å². The van der Waals surface area contributed by atoms with Crippen molar-refractivity contribution >= 4 is 6.08 Å². The van der Waals surface area contributed by atoms with E-state index < -0.39 is 0 Å². The third-order valence-corrected chi connectivity index (χ3v) is 1.42. The van der Waals surface area contributed by atoms with Crippen molar-refractivity contribution in [1.29, 1.82) is 0 Å². The maximum Gasteiger partial charge on any atom is 0.0734 e. The smallest absolute Gasteiger partial charge is 0.0734 e. The second-order valence-corrected chi connectivity index (χ2v) is 2.18. The molecule has 1 aromatic heterocycles. The van der Waals surface area contributed by atoms with Crippen LogP contribution in [-0.4, -0.2) is 12.1 Å². The zero-order valence-corrected chi connectivity index (χ0v) is 6.58. The van der Waals surface area contributed by atoms with Gasteiger partial charge in [0.15, 0.2) is 0 Å². The highest BCUT2D eigenvalue weighted by molar-refractivity contribution is 5.46. The lowest BCUT2D eigenvalue weighted by Crippen LogP contribution is -1.92. The van der Waals surface area contributed by atoms with Gasteiger partial charge in [0.1, 0.15) is 0 Å². The molecule has 1 aromatic rings.